The Morgan fingerprint density at radius 1 is 0.895 bits per heavy atom. The molecule has 6 heteroatoms. The third-order valence-corrected chi connectivity index (χ3v) is 3.14. The molecule has 5 nitrogen and oxygen atoms in total. The van der Waals surface area contributed by atoms with Crippen LogP contribution < -0.4 is 4.74 Å². The zero-order valence-corrected chi connectivity index (χ0v) is 10.7. The summed E-state index contributed by atoms with van der Waals surface area (Å²) in [5, 5.41) is 0. The van der Waals surface area contributed by atoms with E-state index in [0.29, 0.717) is 11.5 Å². The predicted molar refractivity (Wildman–Crippen MR) is 70.9 cm³/mol. The van der Waals surface area contributed by atoms with Crippen LogP contribution in [0, 0.1) is 0 Å². The molecule has 98 valence electrons. The van der Waals surface area contributed by atoms with Gasteiger partial charge in [0, 0.05) is 0 Å². The van der Waals surface area contributed by atoms with Gasteiger partial charge in [0.1, 0.15) is 11.5 Å². The molecule has 0 bridgehead atoms. The highest BCUT2D eigenvalue weighted by Gasteiger charge is 2.43. The fourth-order valence-corrected chi connectivity index (χ4v) is 1.98. The Balaban J connectivity index is 2.23. The standard InChI is InChI=1S/C13H12O5P/c14-13(19(15,16)17)10-5-4-8-12(9-10)18-11-6-2-1-3-7-11/h1-9,15-17H/q+1. The second-order valence-electron chi connectivity index (χ2n) is 3.82. The van der Waals surface area contributed by atoms with E-state index < -0.39 is 13.5 Å². The predicted octanol–water partition coefficient (Wildman–Crippen LogP) is 2.36. The molecule has 0 aliphatic heterocycles. The Hall–Kier alpha value is -1.78. The van der Waals surface area contributed by atoms with Crippen LogP contribution in [0.5, 0.6) is 11.5 Å². The molecule has 0 fully saturated rings. The van der Waals surface area contributed by atoms with Crippen LogP contribution in [-0.4, -0.2) is 20.2 Å². The van der Waals surface area contributed by atoms with Gasteiger partial charge in [0.15, 0.2) is 0 Å². The minimum Gasteiger partial charge on any atom is -0.457 e. The van der Waals surface area contributed by atoms with Crippen molar-refractivity contribution in [3.8, 4) is 11.5 Å². The van der Waals surface area contributed by atoms with Crippen LogP contribution in [0.15, 0.2) is 54.6 Å². The number of para-hydroxylation sites is 1. The number of hydrogen-bond donors (Lipinski definition) is 3. The van der Waals surface area contributed by atoms with Gasteiger partial charge in [-0.05, 0) is 30.3 Å². The highest BCUT2D eigenvalue weighted by Crippen LogP contribution is 2.48. The Kier molecular flexibility index (Phi) is 3.93. The third kappa shape index (κ3) is 3.59. The molecule has 2 aromatic rings. The molecular formula is C13H12O5P+. The first-order chi connectivity index (χ1) is 8.97. The maximum absolute atomic E-state index is 11.5. The lowest BCUT2D eigenvalue weighted by atomic mass is 10.2. The maximum atomic E-state index is 11.5. The van der Waals surface area contributed by atoms with Crippen molar-refractivity contribution in [3.05, 3.63) is 60.2 Å². The van der Waals surface area contributed by atoms with Gasteiger partial charge in [0.05, 0.1) is 5.56 Å². The van der Waals surface area contributed by atoms with Crippen LogP contribution >= 0.6 is 7.94 Å². The molecule has 0 spiro atoms. The van der Waals surface area contributed by atoms with Crippen molar-refractivity contribution in [1.29, 1.82) is 0 Å². The van der Waals surface area contributed by atoms with Crippen LogP contribution in [0.3, 0.4) is 0 Å². The smallest absolute Gasteiger partial charge is 0.457 e. The summed E-state index contributed by atoms with van der Waals surface area (Å²) in [7, 11) is -4.53. The largest absolute Gasteiger partial charge is 0.483 e. The molecule has 0 saturated heterocycles. The van der Waals surface area contributed by atoms with Crippen molar-refractivity contribution in [2.24, 2.45) is 0 Å². The van der Waals surface area contributed by atoms with Crippen molar-refractivity contribution in [3.63, 3.8) is 0 Å². The van der Waals surface area contributed by atoms with Gasteiger partial charge < -0.3 is 4.74 Å². The molecular weight excluding hydrogens is 267 g/mol. The lowest BCUT2D eigenvalue weighted by molar-refractivity contribution is 0.102. The van der Waals surface area contributed by atoms with E-state index in [2.05, 4.69) is 0 Å². The van der Waals surface area contributed by atoms with E-state index in [1.54, 1.807) is 30.3 Å². The van der Waals surface area contributed by atoms with E-state index in [0.717, 1.165) is 0 Å². The first kappa shape index (κ1) is 13.6. The Morgan fingerprint density at radius 3 is 2.16 bits per heavy atom. The van der Waals surface area contributed by atoms with Crippen LogP contribution in [0.1, 0.15) is 10.4 Å². The molecule has 0 radical (unpaired) electrons. The molecule has 0 aromatic heterocycles. The number of benzene rings is 2. The van der Waals surface area contributed by atoms with Crippen LogP contribution in [-0.2, 0) is 0 Å². The van der Waals surface area contributed by atoms with Crippen molar-refractivity contribution >= 4 is 13.5 Å². The molecule has 0 amide bonds. The minimum absolute atomic E-state index is 0.0192. The lowest BCUT2D eigenvalue weighted by Crippen LogP contribution is -2.05. The average Bonchev–Trinajstić information content (AvgIpc) is 2.38. The normalized spacial score (nSPS) is 11.1. The number of carbonyl (C=O) groups excluding carboxylic acids is 1. The van der Waals surface area contributed by atoms with Gasteiger partial charge in [-0.2, -0.15) is 14.7 Å². The first-order valence-electron chi connectivity index (χ1n) is 5.42. The third-order valence-electron chi connectivity index (χ3n) is 2.33. The molecule has 0 aliphatic carbocycles. The van der Waals surface area contributed by atoms with Gasteiger partial charge in [-0.15, -0.1) is 0 Å². The summed E-state index contributed by atoms with van der Waals surface area (Å²) < 4.78 is 5.50. The number of carbonyl (C=O) groups is 1. The summed E-state index contributed by atoms with van der Waals surface area (Å²) in [6.07, 6.45) is 0. The van der Waals surface area contributed by atoms with E-state index in [9.17, 15) is 4.79 Å². The van der Waals surface area contributed by atoms with Crippen molar-refractivity contribution in [2.45, 2.75) is 0 Å². The highest BCUT2D eigenvalue weighted by molar-refractivity contribution is 7.76. The Bertz CT molecular complexity index is 577. The van der Waals surface area contributed by atoms with Crippen molar-refractivity contribution in [1.82, 2.24) is 0 Å². The van der Waals surface area contributed by atoms with E-state index in [-0.39, 0.29) is 5.56 Å². The molecule has 0 aliphatic rings. The van der Waals surface area contributed by atoms with Gasteiger partial charge in [0.2, 0.25) is 0 Å². The number of hydrogen-bond acceptors (Lipinski definition) is 5. The summed E-state index contributed by atoms with van der Waals surface area (Å²) in [6.45, 7) is 0. The Morgan fingerprint density at radius 2 is 1.53 bits per heavy atom. The monoisotopic (exact) mass is 279 g/mol. The van der Waals surface area contributed by atoms with Gasteiger partial charge in [-0.1, -0.05) is 24.3 Å². The second kappa shape index (κ2) is 5.47. The fourth-order valence-electron chi connectivity index (χ4n) is 1.49. The van der Waals surface area contributed by atoms with Crippen LogP contribution in [0.2, 0.25) is 0 Å². The summed E-state index contributed by atoms with van der Waals surface area (Å²) in [5.74, 6) is 0.954. The number of ether oxygens (including phenoxy) is 1. The minimum atomic E-state index is -4.53. The zero-order valence-electron chi connectivity index (χ0n) is 9.80. The van der Waals surface area contributed by atoms with E-state index in [1.165, 1.54) is 18.2 Å². The summed E-state index contributed by atoms with van der Waals surface area (Å²) >= 11 is 0. The van der Waals surface area contributed by atoms with Crippen molar-refractivity contribution in [2.75, 3.05) is 0 Å². The molecule has 2 aromatic carbocycles. The summed E-state index contributed by atoms with van der Waals surface area (Å²) in [5.41, 5.74) is -1.12. The molecule has 0 atom stereocenters. The van der Waals surface area contributed by atoms with Gasteiger partial charge >= 0.3 is 13.5 Å². The van der Waals surface area contributed by atoms with Crippen LogP contribution in [0.4, 0.5) is 0 Å². The van der Waals surface area contributed by atoms with Gasteiger partial charge in [0.25, 0.3) is 0 Å². The lowest BCUT2D eigenvalue weighted by Gasteiger charge is -2.07. The second-order valence-corrected chi connectivity index (χ2v) is 5.36. The Labute approximate surface area is 110 Å². The molecule has 2 rings (SSSR count). The average molecular weight is 279 g/mol. The molecule has 0 saturated carbocycles. The first-order valence-corrected chi connectivity index (χ1v) is 7.07. The molecule has 3 N–H and O–H groups in total. The van der Waals surface area contributed by atoms with Crippen LogP contribution in [0.25, 0.3) is 0 Å². The summed E-state index contributed by atoms with van der Waals surface area (Å²) in [4.78, 5) is 38.4. The topological polar surface area (TPSA) is 87.0 Å². The van der Waals surface area contributed by atoms with Gasteiger partial charge in [-0.3, -0.25) is 0 Å². The zero-order chi connectivity index (χ0) is 13.9. The highest BCUT2D eigenvalue weighted by atomic mass is 31.2. The van der Waals surface area contributed by atoms with E-state index in [4.69, 9.17) is 19.4 Å². The quantitative estimate of drug-likeness (QED) is 0.748. The fraction of sp³-hybridized carbons (Fsp3) is 0. The molecule has 19 heavy (non-hydrogen) atoms. The van der Waals surface area contributed by atoms with E-state index in [1.807, 2.05) is 6.07 Å². The van der Waals surface area contributed by atoms with E-state index >= 15 is 0 Å². The molecule has 0 unspecified atom stereocenters. The summed E-state index contributed by atoms with van der Waals surface area (Å²) in [6, 6.07) is 14.8. The maximum Gasteiger partial charge on any atom is 0.483 e. The number of rotatable bonds is 4. The SMILES string of the molecule is O=C(c1cccc(Oc2ccccc2)c1)[P+](O)(O)O. The van der Waals surface area contributed by atoms with Crippen molar-refractivity contribution < 1.29 is 24.2 Å². The molecule has 0 heterocycles. The van der Waals surface area contributed by atoms with Gasteiger partial charge in [-0.25, -0.2) is 4.79 Å².